The maximum atomic E-state index is 12.8. The molecule has 6 heteroatoms. The second-order valence-electron chi connectivity index (χ2n) is 7.09. The molecule has 0 aliphatic carbocycles. The number of aryl methyl sites for hydroxylation is 2. The van der Waals surface area contributed by atoms with E-state index >= 15 is 0 Å². The number of nitrogens with zero attached hydrogens (tertiary/aromatic N) is 4. The van der Waals surface area contributed by atoms with Gasteiger partial charge in [0.05, 0.1) is 6.54 Å². The molecule has 0 amide bonds. The third kappa shape index (κ3) is 3.84. The Hall–Kier alpha value is -1.95. The third-order valence-electron chi connectivity index (χ3n) is 5.17. The lowest BCUT2D eigenvalue weighted by atomic mass is 9.96. The van der Waals surface area contributed by atoms with Gasteiger partial charge >= 0.3 is 0 Å². The summed E-state index contributed by atoms with van der Waals surface area (Å²) in [6.07, 6.45) is 3.00. The van der Waals surface area contributed by atoms with E-state index in [9.17, 15) is 4.79 Å². The lowest BCUT2D eigenvalue weighted by Crippen LogP contribution is -2.37. The molecule has 136 valence electrons. The molecule has 1 fully saturated rings. The van der Waals surface area contributed by atoms with Gasteiger partial charge in [-0.3, -0.25) is 9.69 Å². The highest BCUT2D eigenvalue weighted by Gasteiger charge is 2.26. The highest BCUT2D eigenvalue weighted by atomic mass is 16.5. The molecule has 0 saturated carbocycles. The van der Waals surface area contributed by atoms with Crippen molar-refractivity contribution < 1.29 is 9.32 Å². The molecule has 3 rings (SSSR count). The van der Waals surface area contributed by atoms with E-state index in [-0.39, 0.29) is 5.78 Å². The Labute approximate surface area is 149 Å². The zero-order valence-electron chi connectivity index (χ0n) is 15.7. The van der Waals surface area contributed by atoms with Crippen molar-refractivity contribution in [3.8, 4) is 0 Å². The molecule has 0 radical (unpaired) electrons. The number of hydrogen-bond acceptors (Lipinski definition) is 5. The van der Waals surface area contributed by atoms with E-state index in [1.807, 2.05) is 13.0 Å². The first-order valence-corrected chi connectivity index (χ1v) is 9.22. The number of rotatable bonds is 6. The van der Waals surface area contributed by atoms with Crippen LogP contribution in [0.1, 0.15) is 65.6 Å². The Morgan fingerprint density at radius 2 is 2.00 bits per heavy atom. The smallest absolute Gasteiger partial charge is 0.229 e. The number of Topliss-reactive ketones (excluding diaryl/α,β-unsaturated/α-hetero) is 1. The zero-order valence-corrected chi connectivity index (χ0v) is 15.7. The van der Waals surface area contributed by atoms with Crippen LogP contribution in [0.25, 0.3) is 0 Å². The van der Waals surface area contributed by atoms with Crippen LogP contribution in [0.4, 0.5) is 0 Å². The van der Waals surface area contributed by atoms with Gasteiger partial charge in [-0.1, -0.05) is 12.1 Å². The minimum absolute atomic E-state index is 0.225. The van der Waals surface area contributed by atoms with Crippen molar-refractivity contribution in [1.29, 1.82) is 0 Å². The summed E-state index contributed by atoms with van der Waals surface area (Å²) in [5.74, 6) is 1.98. The zero-order chi connectivity index (χ0) is 18.0. The predicted molar refractivity (Wildman–Crippen MR) is 96.0 cm³/mol. The summed E-state index contributed by atoms with van der Waals surface area (Å²) in [5, 5.41) is 3.88. The Balaban J connectivity index is 1.59. The van der Waals surface area contributed by atoms with Gasteiger partial charge in [-0.2, -0.15) is 4.98 Å². The predicted octanol–water partition coefficient (Wildman–Crippen LogP) is 3.27. The van der Waals surface area contributed by atoms with Crippen molar-refractivity contribution in [2.24, 2.45) is 0 Å². The van der Waals surface area contributed by atoms with Gasteiger partial charge in [-0.25, -0.2) is 0 Å². The molecule has 0 bridgehead atoms. The molecule has 1 saturated heterocycles. The molecule has 0 unspecified atom stereocenters. The summed E-state index contributed by atoms with van der Waals surface area (Å²) < 4.78 is 7.54. The molecular formula is C19H28N4O2. The first kappa shape index (κ1) is 17.9. The second kappa shape index (κ2) is 7.52. The highest BCUT2D eigenvalue weighted by Crippen LogP contribution is 2.27. The summed E-state index contributed by atoms with van der Waals surface area (Å²) in [6, 6.07) is 2.04. The molecule has 0 aromatic carbocycles. The van der Waals surface area contributed by atoms with Crippen LogP contribution >= 0.6 is 0 Å². The normalized spacial score (nSPS) is 16.5. The summed E-state index contributed by atoms with van der Waals surface area (Å²) >= 11 is 0. The number of ketones is 1. The van der Waals surface area contributed by atoms with E-state index in [0.29, 0.717) is 18.3 Å². The van der Waals surface area contributed by atoms with Crippen molar-refractivity contribution in [2.45, 2.75) is 59.4 Å². The molecule has 6 nitrogen and oxygen atoms in total. The Bertz CT molecular complexity index is 739. The first-order valence-electron chi connectivity index (χ1n) is 9.22. The summed E-state index contributed by atoms with van der Waals surface area (Å²) in [5.41, 5.74) is 3.15. The fourth-order valence-corrected chi connectivity index (χ4v) is 3.76. The third-order valence-corrected chi connectivity index (χ3v) is 5.17. The van der Waals surface area contributed by atoms with Gasteiger partial charge in [0.15, 0.2) is 11.6 Å². The molecule has 0 spiro atoms. The maximum Gasteiger partial charge on any atom is 0.229 e. The van der Waals surface area contributed by atoms with Crippen molar-refractivity contribution in [3.63, 3.8) is 0 Å². The van der Waals surface area contributed by atoms with Crippen LogP contribution in [-0.4, -0.2) is 45.0 Å². The number of carbonyl (C=O) groups excluding carboxylic acids is 1. The van der Waals surface area contributed by atoms with E-state index in [2.05, 4.69) is 40.4 Å². The Kier molecular flexibility index (Phi) is 5.37. The van der Waals surface area contributed by atoms with E-state index in [0.717, 1.165) is 56.0 Å². The topological polar surface area (TPSA) is 64.2 Å². The van der Waals surface area contributed by atoms with E-state index in [1.54, 1.807) is 0 Å². The quantitative estimate of drug-likeness (QED) is 0.753. The van der Waals surface area contributed by atoms with Crippen molar-refractivity contribution >= 4 is 5.78 Å². The van der Waals surface area contributed by atoms with E-state index < -0.39 is 0 Å². The molecule has 3 heterocycles. The fraction of sp³-hybridized carbons (Fsp3) is 0.632. The van der Waals surface area contributed by atoms with Gasteiger partial charge in [0.1, 0.15) is 0 Å². The summed E-state index contributed by atoms with van der Waals surface area (Å²) in [4.78, 5) is 19.3. The monoisotopic (exact) mass is 344 g/mol. The highest BCUT2D eigenvalue weighted by molar-refractivity contribution is 5.99. The molecule has 0 N–H and O–H groups in total. The minimum Gasteiger partial charge on any atom is -0.348 e. The van der Waals surface area contributed by atoms with Crippen LogP contribution < -0.4 is 0 Å². The van der Waals surface area contributed by atoms with Crippen LogP contribution in [0.3, 0.4) is 0 Å². The van der Waals surface area contributed by atoms with Gasteiger partial charge in [0, 0.05) is 29.4 Å². The molecule has 1 aliphatic heterocycles. The number of piperidine rings is 1. The molecule has 25 heavy (non-hydrogen) atoms. The van der Waals surface area contributed by atoms with Crippen LogP contribution in [0, 0.1) is 20.8 Å². The standard InChI is InChI=1S/C19H28N4O2/c1-5-8-23-13(2)11-17(14(23)3)18(24)12-22-9-6-16(7-10-22)19-20-15(4)21-25-19/h11,16H,5-10,12H2,1-4H3. The maximum absolute atomic E-state index is 12.8. The minimum atomic E-state index is 0.225. The van der Waals surface area contributed by atoms with E-state index in [1.165, 1.54) is 5.69 Å². The SMILES string of the molecule is CCCn1c(C)cc(C(=O)CN2CCC(c3nc(C)no3)CC2)c1C. The lowest BCUT2D eigenvalue weighted by Gasteiger charge is -2.29. The summed E-state index contributed by atoms with van der Waals surface area (Å²) in [7, 11) is 0. The Morgan fingerprint density at radius 3 is 2.60 bits per heavy atom. The van der Waals surface area contributed by atoms with Gasteiger partial charge in [0.25, 0.3) is 0 Å². The molecule has 1 aliphatic rings. The molecular weight excluding hydrogens is 316 g/mol. The van der Waals surface area contributed by atoms with Gasteiger partial charge in [-0.05, 0) is 59.2 Å². The first-order chi connectivity index (χ1) is 12.0. The van der Waals surface area contributed by atoms with Crippen molar-refractivity contribution in [2.75, 3.05) is 19.6 Å². The van der Waals surface area contributed by atoms with Crippen molar-refractivity contribution in [3.05, 3.63) is 34.7 Å². The largest absolute Gasteiger partial charge is 0.348 e. The average Bonchev–Trinajstić information content (AvgIpc) is 3.14. The van der Waals surface area contributed by atoms with Crippen LogP contribution in [0.15, 0.2) is 10.6 Å². The lowest BCUT2D eigenvalue weighted by molar-refractivity contribution is 0.0904. The van der Waals surface area contributed by atoms with Crippen molar-refractivity contribution in [1.82, 2.24) is 19.6 Å². The van der Waals surface area contributed by atoms with Crippen LogP contribution in [-0.2, 0) is 6.54 Å². The Morgan fingerprint density at radius 1 is 1.28 bits per heavy atom. The van der Waals surface area contributed by atoms with Gasteiger partial charge < -0.3 is 9.09 Å². The average molecular weight is 344 g/mol. The number of likely N-dealkylation sites (tertiary alicyclic amines) is 1. The van der Waals surface area contributed by atoms with Crippen LogP contribution in [0.5, 0.6) is 0 Å². The van der Waals surface area contributed by atoms with Gasteiger partial charge in [0.2, 0.25) is 5.89 Å². The molecule has 0 atom stereocenters. The van der Waals surface area contributed by atoms with Crippen LogP contribution in [0.2, 0.25) is 0 Å². The number of hydrogen-bond donors (Lipinski definition) is 0. The number of carbonyl (C=O) groups is 1. The number of aromatic nitrogens is 3. The second-order valence-corrected chi connectivity index (χ2v) is 7.09. The molecule has 2 aromatic rings. The molecule has 2 aromatic heterocycles. The van der Waals surface area contributed by atoms with Gasteiger partial charge in [-0.15, -0.1) is 0 Å². The fourth-order valence-electron chi connectivity index (χ4n) is 3.76. The van der Waals surface area contributed by atoms with E-state index in [4.69, 9.17) is 4.52 Å². The summed E-state index contributed by atoms with van der Waals surface area (Å²) in [6.45, 7) is 11.4.